The summed E-state index contributed by atoms with van der Waals surface area (Å²) < 4.78 is 0. The second-order valence-electron chi connectivity index (χ2n) is 3.64. The zero-order chi connectivity index (χ0) is 12.8. The fourth-order valence-electron chi connectivity index (χ4n) is 1.57. The van der Waals surface area contributed by atoms with E-state index in [0.717, 1.165) is 0 Å². The normalized spacial score (nSPS) is 13.7. The molecule has 2 atom stereocenters. The number of aliphatic hydroxyl groups is 2. The van der Waals surface area contributed by atoms with Gasteiger partial charge in [0.2, 0.25) is 0 Å². The number of rotatable bonds is 5. The zero-order valence-electron chi connectivity index (χ0n) is 9.08. The Hall–Kier alpha value is -1.90. The van der Waals surface area contributed by atoms with Crippen LogP contribution >= 0.6 is 0 Å². The number of aliphatic hydroxyl groups excluding tert-OH is 2. The van der Waals surface area contributed by atoms with Crippen molar-refractivity contribution >= 4 is 5.97 Å². The minimum absolute atomic E-state index is 0.104. The Labute approximate surface area is 98.6 Å². The lowest BCUT2D eigenvalue weighted by molar-refractivity contribution is -0.141. The largest absolute Gasteiger partial charge is 0.481 e. The number of benzene rings is 1. The average molecular weight is 235 g/mol. The van der Waals surface area contributed by atoms with Gasteiger partial charge in [0.25, 0.3) is 0 Å². The van der Waals surface area contributed by atoms with Crippen LogP contribution in [0.2, 0.25) is 0 Å². The molecular weight excluding hydrogens is 222 g/mol. The molecule has 1 rings (SSSR count). The van der Waals surface area contributed by atoms with Crippen molar-refractivity contribution in [3.05, 3.63) is 35.4 Å². The Morgan fingerprint density at radius 1 is 1.35 bits per heavy atom. The van der Waals surface area contributed by atoms with E-state index in [4.69, 9.17) is 10.4 Å². The fraction of sp³-hybridized carbons (Fsp3) is 0.333. The minimum Gasteiger partial charge on any atom is -0.481 e. The third-order valence-electron chi connectivity index (χ3n) is 2.39. The maximum atomic E-state index is 10.4. The van der Waals surface area contributed by atoms with Gasteiger partial charge < -0.3 is 15.3 Å². The zero-order valence-corrected chi connectivity index (χ0v) is 9.08. The number of aliphatic carboxylic acids is 1. The van der Waals surface area contributed by atoms with Crippen molar-refractivity contribution in [2.45, 2.75) is 25.0 Å². The van der Waals surface area contributed by atoms with Crippen LogP contribution in [0, 0.1) is 11.3 Å². The molecule has 2 unspecified atom stereocenters. The van der Waals surface area contributed by atoms with Crippen LogP contribution in [0.1, 0.15) is 23.7 Å². The molecule has 90 valence electrons. The summed E-state index contributed by atoms with van der Waals surface area (Å²) >= 11 is 0. The summed E-state index contributed by atoms with van der Waals surface area (Å²) in [5.41, 5.74) is 0.981. The lowest BCUT2D eigenvalue weighted by atomic mass is 9.96. The highest BCUT2D eigenvalue weighted by Crippen LogP contribution is 2.23. The van der Waals surface area contributed by atoms with Crippen molar-refractivity contribution in [2.24, 2.45) is 0 Å². The van der Waals surface area contributed by atoms with Crippen molar-refractivity contribution < 1.29 is 20.1 Å². The van der Waals surface area contributed by atoms with Gasteiger partial charge in [0.1, 0.15) is 6.10 Å². The Kier molecular flexibility index (Phi) is 4.64. The van der Waals surface area contributed by atoms with Gasteiger partial charge in [-0.1, -0.05) is 24.3 Å². The van der Waals surface area contributed by atoms with E-state index in [1.807, 2.05) is 6.07 Å². The van der Waals surface area contributed by atoms with E-state index in [9.17, 15) is 15.0 Å². The molecule has 1 aromatic rings. The molecule has 0 aromatic heterocycles. The number of hydrogen-bond donors (Lipinski definition) is 3. The van der Waals surface area contributed by atoms with E-state index in [2.05, 4.69) is 0 Å². The van der Waals surface area contributed by atoms with Crippen LogP contribution in [0.15, 0.2) is 24.3 Å². The number of carboxylic acid groups (broad SMARTS) is 1. The molecule has 0 spiro atoms. The van der Waals surface area contributed by atoms with Crippen molar-refractivity contribution in [3.63, 3.8) is 0 Å². The van der Waals surface area contributed by atoms with Gasteiger partial charge in [0.15, 0.2) is 0 Å². The molecule has 0 bridgehead atoms. The first kappa shape index (κ1) is 13.2. The Morgan fingerprint density at radius 3 is 2.59 bits per heavy atom. The smallest absolute Gasteiger partial charge is 0.306 e. The Balaban J connectivity index is 2.91. The first-order chi connectivity index (χ1) is 8.06. The van der Waals surface area contributed by atoms with Crippen LogP contribution in [0.4, 0.5) is 0 Å². The van der Waals surface area contributed by atoms with Gasteiger partial charge in [-0.2, -0.15) is 5.26 Å². The molecular formula is C12H13NO4. The van der Waals surface area contributed by atoms with Crippen LogP contribution in [-0.2, 0) is 11.2 Å². The number of nitrogens with zero attached hydrogens (tertiary/aromatic N) is 1. The van der Waals surface area contributed by atoms with Crippen LogP contribution in [0.5, 0.6) is 0 Å². The van der Waals surface area contributed by atoms with Crippen LogP contribution < -0.4 is 0 Å². The van der Waals surface area contributed by atoms with E-state index >= 15 is 0 Å². The third kappa shape index (κ3) is 3.55. The van der Waals surface area contributed by atoms with Crippen molar-refractivity contribution in [3.8, 4) is 6.07 Å². The maximum Gasteiger partial charge on any atom is 0.306 e. The number of nitriles is 1. The first-order valence-electron chi connectivity index (χ1n) is 5.09. The van der Waals surface area contributed by atoms with Gasteiger partial charge >= 0.3 is 5.97 Å². The van der Waals surface area contributed by atoms with Crippen LogP contribution in [0.25, 0.3) is 0 Å². The summed E-state index contributed by atoms with van der Waals surface area (Å²) in [6, 6.07) is 8.56. The molecule has 1 aromatic carbocycles. The molecule has 0 amide bonds. The topological polar surface area (TPSA) is 102 Å². The summed E-state index contributed by atoms with van der Waals surface area (Å²) in [7, 11) is 0. The van der Waals surface area contributed by atoms with Gasteiger partial charge in [-0.15, -0.1) is 0 Å². The van der Waals surface area contributed by atoms with Gasteiger partial charge in [0, 0.05) is 0 Å². The summed E-state index contributed by atoms with van der Waals surface area (Å²) in [5.74, 6) is -1.19. The molecule has 5 nitrogen and oxygen atoms in total. The Morgan fingerprint density at radius 2 is 2.00 bits per heavy atom. The third-order valence-corrected chi connectivity index (χ3v) is 2.39. The fourth-order valence-corrected chi connectivity index (χ4v) is 1.57. The monoisotopic (exact) mass is 235 g/mol. The molecule has 0 saturated carbocycles. The molecule has 17 heavy (non-hydrogen) atoms. The number of carbonyl (C=O) groups is 1. The molecule has 0 aliphatic carbocycles. The van der Waals surface area contributed by atoms with E-state index in [0.29, 0.717) is 11.1 Å². The quantitative estimate of drug-likeness (QED) is 0.694. The highest BCUT2D eigenvalue weighted by molar-refractivity contribution is 5.67. The van der Waals surface area contributed by atoms with Gasteiger partial charge in [-0.25, -0.2) is 0 Å². The molecule has 0 saturated heterocycles. The van der Waals surface area contributed by atoms with E-state index in [1.54, 1.807) is 24.3 Å². The van der Waals surface area contributed by atoms with Crippen molar-refractivity contribution in [1.29, 1.82) is 5.26 Å². The summed E-state index contributed by atoms with van der Waals surface area (Å²) in [5, 5.41) is 36.5. The van der Waals surface area contributed by atoms with E-state index in [1.165, 1.54) is 0 Å². The van der Waals surface area contributed by atoms with Crippen molar-refractivity contribution in [2.75, 3.05) is 0 Å². The second kappa shape index (κ2) is 5.99. The lowest BCUT2D eigenvalue weighted by Crippen LogP contribution is -2.22. The maximum absolute atomic E-state index is 10.4. The summed E-state index contributed by atoms with van der Waals surface area (Å²) in [6.07, 6.45) is -3.11. The summed E-state index contributed by atoms with van der Waals surface area (Å²) in [6.45, 7) is 0. The number of hydrogen-bond acceptors (Lipinski definition) is 4. The van der Waals surface area contributed by atoms with Crippen molar-refractivity contribution in [1.82, 2.24) is 0 Å². The Bertz CT molecular complexity index is 438. The van der Waals surface area contributed by atoms with Gasteiger partial charge in [0.05, 0.1) is 25.0 Å². The molecule has 0 heterocycles. The predicted octanol–water partition coefficient (Wildman–Crippen LogP) is 0.622. The SMILES string of the molecule is N#CCc1ccccc1C(O)C(O)CC(=O)O. The standard InChI is InChI=1S/C12H13NO4/c13-6-5-8-3-1-2-4-9(8)12(17)10(14)7-11(15)16/h1-4,10,12,14,17H,5,7H2,(H,15,16). The van der Waals surface area contributed by atoms with Crippen LogP contribution in [-0.4, -0.2) is 27.4 Å². The van der Waals surface area contributed by atoms with Gasteiger partial charge in [-0.3, -0.25) is 4.79 Å². The first-order valence-corrected chi connectivity index (χ1v) is 5.09. The molecule has 5 heteroatoms. The lowest BCUT2D eigenvalue weighted by Gasteiger charge is -2.18. The molecule has 0 aliphatic heterocycles. The molecule has 0 fully saturated rings. The van der Waals surface area contributed by atoms with Gasteiger partial charge in [-0.05, 0) is 11.1 Å². The highest BCUT2D eigenvalue weighted by atomic mass is 16.4. The highest BCUT2D eigenvalue weighted by Gasteiger charge is 2.22. The number of carboxylic acids is 1. The molecule has 3 N–H and O–H groups in total. The molecule has 0 aliphatic rings. The second-order valence-corrected chi connectivity index (χ2v) is 3.64. The van der Waals surface area contributed by atoms with Crippen LogP contribution in [0.3, 0.4) is 0 Å². The predicted molar refractivity (Wildman–Crippen MR) is 59.0 cm³/mol. The van der Waals surface area contributed by atoms with E-state index < -0.39 is 24.6 Å². The summed E-state index contributed by atoms with van der Waals surface area (Å²) in [4.78, 5) is 10.4. The minimum atomic E-state index is -1.38. The molecule has 0 radical (unpaired) electrons. The van der Waals surface area contributed by atoms with E-state index in [-0.39, 0.29) is 6.42 Å². The average Bonchev–Trinajstić information content (AvgIpc) is 2.28.